The first kappa shape index (κ1) is 47.4. The predicted octanol–water partition coefficient (Wildman–Crippen LogP) is 20.8. The van der Waals surface area contributed by atoms with Crippen LogP contribution in [0.1, 0.15) is 148 Å². The van der Waals surface area contributed by atoms with Crippen LogP contribution in [0.4, 0.5) is 0 Å². The molecule has 0 amide bonds. The Morgan fingerprint density at radius 2 is 0.625 bits per heavy atom. The summed E-state index contributed by atoms with van der Waals surface area (Å²) in [4.78, 5) is 45.9. The van der Waals surface area contributed by atoms with E-state index in [0.717, 1.165) is 48.3 Å². The third kappa shape index (κ3) is 11.5. The van der Waals surface area contributed by atoms with Crippen LogP contribution in [0, 0.1) is 0 Å². The number of carbonyl (C=O) groups excluding carboxylic acids is 2. The van der Waals surface area contributed by atoms with Crippen LogP contribution in [-0.4, -0.2) is 11.6 Å². The van der Waals surface area contributed by atoms with E-state index >= 15 is 0 Å². The van der Waals surface area contributed by atoms with Crippen molar-refractivity contribution in [2.45, 2.75) is 130 Å². The van der Waals surface area contributed by atoms with Crippen molar-refractivity contribution in [3.8, 4) is 68.3 Å². The zero-order chi connectivity index (χ0) is 44.4. The Labute approximate surface area is 412 Å². The van der Waals surface area contributed by atoms with E-state index in [-0.39, 0.29) is 0 Å². The molecule has 8 rings (SSSR count). The van der Waals surface area contributed by atoms with Crippen LogP contribution in [-0.2, 0) is 12.8 Å². The smallest absolute Gasteiger partial charge is 0.172 e. The fourth-order valence-electron chi connectivity index (χ4n) is 8.05. The minimum atomic E-state index is 0.295. The first-order chi connectivity index (χ1) is 31.3. The maximum atomic E-state index is 13.0. The van der Waals surface area contributed by atoms with Crippen molar-refractivity contribution < 1.29 is 9.59 Å². The van der Waals surface area contributed by atoms with Crippen LogP contribution in [0.3, 0.4) is 0 Å². The molecule has 0 bridgehead atoms. The van der Waals surface area contributed by atoms with Crippen LogP contribution < -0.4 is 0 Å². The lowest BCUT2D eigenvalue weighted by molar-refractivity contribution is 0.0975. The van der Waals surface area contributed by atoms with Gasteiger partial charge in [0, 0.05) is 81.1 Å². The van der Waals surface area contributed by atoms with Gasteiger partial charge < -0.3 is 0 Å². The Kier molecular flexibility index (Phi) is 17.1. The van der Waals surface area contributed by atoms with Crippen molar-refractivity contribution in [2.24, 2.45) is 0 Å². The van der Waals surface area contributed by atoms with Crippen molar-refractivity contribution in [1.29, 1.82) is 0 Å². The molecule has 0 unspecified atom stereocenters. The van der Waals surface area contributed by atoms with Gasteiger partial charge in [0.2, 0.25) is 0 Å². The molecule has 0 atom stereocenters. The lowest BCUT2D eigenvalue weighted by Crippen LogP contribution is -1.95. The van der Waals surface area contributed by atoms with Crippen LogP contribution in [0.25, 0.3) is 68.3 Å². The maximum Gasteiger partial charge on any atom is 0.172 e. The number of rotatable bonds is 25. The van der Waals surface area contributed by atoms with Crippen molar-refractivity contribution in [2.75, 3.05) is 0 Å². The molecule has 8 heterocycles. The second-order valence-electron chi connectivity index (χ2n) is 16.5. The largest absolute Gasteiger partial charge is 0.293 e. The normalized spacial score (nSPS) is 11.6. The van der Waals surface area contributed by atoms with Crippen molar-refractivity contribution in [3.63, 3.8) is 0 Å². The van der Waals surface area contributed by atoms with Gasteiger partial charge in [0.25, 0.3) is 0 Å². The van der Waals surface area contributed by atoms with Gasteiger partial charge in [-0.15, -0.1) is 90.7 Å². The molecule has 0 aliphatic heterocycles. The van der Waals surface area contributed by atoms with Crippen molar-refractivity contribution >= 4 is 102 Å². The minimum absolute atomic E-state index is 0.295. The molecule has 0 aromatic carbocycles. The van der Waals surface area contributed by atoms with E-state index in [4.69, 9.17) is 0 Å². The Bertz CT molecular complexity index is 2560. The highest BCUT2D eigenvalue weighted by Crippen LogP contribution is 2.49. The topological polar surface area (TPSA) is 34.1 Å². The highest BCUT2D eigenvalue weighted by atomic mass is 32.1. The van der Waals surface area contributed by atoms with Crippen LogP contribution in [0.2, 0.25) is 0 Å². The van der Waals surface area contributed by atoms with Gasteiger partial charge in [0.05, 0.1) is 9.75 Å². The number of aryl methyl sites for hydroxylation is 2. The van der Waals surface area contributed by atoms with Crippen molar-refractivity contribution in [1.82, 2.24) is 0 Å². The Hall–Kier alpha value is -3.06. The van der Waals surface area contributed by atoms with Gasteiger partial charge in [-0.25, -0.2) is 0 Å². The van der Waals surface area contributed by atoms with E-state index in [1.807, 2.05) is 80.2 Å². The van der Waals surface area contributed by atoms with E-state index in [1.165, 1.54) is 131 Å². The van der Waals surface area contributed by atoms with Gasteiger partial charge in [0.1, 0.15) is 0 Å². The summed E-state index contributed by atoms with van der Waals surface area (Å²) in [5.41, 5.74) is 2.76. The lowest BCUT2D eigenvalue weighted by atomic mass is 10.1. The molecule has 334 valence electrons. The predicted molar refractivity (Wildman–Crippen MR) is 291 cm³/mol. The van der Waals surface area contributed by atoms with E-state index < -0.39 is 0 Å². The van der Waals surface area contributed by atoms with Crippen LogP contribution >= 0.6 is 90.7 Å². The molecule has 0 fully saturated rings. The first-order valence-corrected chi connectivity index (χ1v) is 29.8. The molecular weight excluding hydrogens is 937 g/mol. The van der Waals surface area contributed by atoms with E-state index in [0.29, 0.717) is 24.4 Å². The fourth-order valence-corrected chi connectivity index (χ4v) is 17.3. The molecule has 0 radical (unpaired) electrons. The summed E-state index contributed by atoms with van der Waals surface area (Å²) >= 11 is 14.6. The molecule has 2 nitrogen and oxygen atoms in total. The molecule has 0 aliphatic rings. The van der Waals surface area contributed by atoms with E-state index in [2.05, 4.69) is 100 Å². The molecule has 8 aromatic heterocycles. The maximum absolute atomic E-state index is 13.0. The number of thiophene rings is 8. The standard InChI is InChI=1S/C54H58O2S8/c1-5-9-11-13-15-17-19-37(55)39-21-23-47(57-39)51-33-35(7-3)53(63-51)49-31-29-45(61-49)43-27-25-41(59-43)42-26-28-44(60-42)46-30-32-50(62-46)54-36(8-4)34-52(64-54)48-24-22-40(58-48)38(56)20-18-16-14-12-10-6-2/h21-34H,5-20H2,1-4H3. The molecule has 0 spiro atoms. The fraction of sp³-hybridized carbons (Fsp3) is 0.370. The lowest BCUT2D eigenvalue weighted by Gasteiger charge is -1.99. The third-order valence-electron chi connectivity index (χ3n) is 11.7. The average molecular weight is 996 g/mol. The summed E-state index contributed by atoms with van der Waals surface area (Å²) in [6.07, 6.45) is 17.7. The monoisotopic (exact) mass is 994 g/mol. The second-order valence-corrected chi connectivity index (χ2v) is 25.1. The summed E-state index contributed by atoms with van der Waals surface area (Å²) in [6, 6.07) is 31.4. The molecule has 64 heavy (non-hydrogen) atoms. The Morgan fingerprint density at radius 1 is 0.328 bits per heavy atom. The molecule has 8 aromatic rings. The molecule has 10 heteroatoms. The SMILES string of the molecule is CCCCCCCCC(=O)c1ccc(-c2cc(CC)c(-c3ccc(-c4ccc(-c5ccc(-c6ccc(-c7sc(-c8ccc(C(=O)CCCCCCCC)s8)cc7CC)s6)s5)s4)s3)s2)s1. The summed E-state index contributed by atoms with van der Waals surface area (Å²) in [6.45, 7) is 8.98. The Morgan fingerprint density at radius 3 is 0.984 bits per heavy atom. The summed E-state index contributed by atoms with van der Waals surface area (Å²) in [5, 5.41) is 0. The zero-order valence-electron chi connectivity index (χ0n) is 37.5. The van der Waals surface area contributed by atoms with Gasteiger partial charge in [0.15, 0.2) is 11.6 Å². The highest BCUT2D eigenvalue weighted by Gasteiger charge is 2.20. The summed E-state index contributed by atoms with van der Waals surface area (Å²) < 4.78 is 0. The van der Waals surface area contributed by atoms with E-state index in [9.17, 15) is 9.59 Å². The molecule has 0 aliphatic carbocycles. The number of hydrogen-bond acceptors (Lipinski definition) is 10. The number of unbranched alkanes of at least 4 members (excludes halogenated alkanes) is 10. The Balaban J connectivity index is 0.902. The van der Waals surface area contributed by atoms with Crippen LogP contribution in [0.15, 0.2) is 84.9 Å². The molecule has 0 saturated carbocycles. The quantitative estimate of drug-likeness (QED) is 0.0422. The van der Waals surface area contributed by atoms with Gasteiger partial charge >= 0.3 is 0 Å². The third-order valence-corrected chi connectivity index (χ3v) is 22.0. The summed E-state index contributed by atoms with van der Waals surface area (Å²) in [5.74, 6) is 0.591. The minimum Gasteiger partial charge on any atom is -0.293 e. The summed E-state index contributed by atoms with van der Waals surface area (Å²) in [7, 11) is 0. The first-order valence-electron chi connectivity index (χ1n) is 23.3. The zero-order valence-corrected chi connectivity index (χ0v) is 44.0. The van der Waals surface area contributed by atoms with Gasteiger partial charge in [-0.3, -0.25) is 9.59 Å². The van der Waals surface area contributed by atoms with Crippen LogP contribution in [0.5, 0.6) is 0 Å². The molecule has 0 N–H and O–H groups in total. The van der Waals surface area contributed by atoms with Gasteiger partial charge in [-0.05, 0) is 122 Å². The number of ketones is 2. The number of Topliss-reactive ketones (excluding diaryl/α,β-unsaturated/α-hetero) is 2. The van der Waals surface area contributed by atoms with Gasteiger partial charge in [-0.1, -0.05) is 91.9 Å². The van der Waals surface area contributed by atoms with Crippen molar-refractivity contribution in [3.05, 3.63) is 106 Å². The second kappa shape index (κ2) is 23.1. The van der Waals surface area contributed by atoms with E-state index in [1.54, 1.807) is 22.7 Å². The molecule has 0 saturated heterocycles. The molecular formula is C54H58O2S8. The number of hydrogen-bond donors (Lipinski definition) is 0. The highest BCUT2D eigenvalue weighted by molar-refractivity contribution is 7.31. The van der Waals surface area contributed by atoms with Gasteiger partial charge in [-0.2, -0.15) is 0 Å². The number of carbonyl (C=O) groups is 2. The average Bonchev–Trinajstić information content (AvgIpc) is 4.16.